The molecule has 0 bridgehead atoms. The van der Waals surface area contributed by atoms with Gasteiger partial charge in [-0.15, -0.1) is 10.2 Å². The molecule has 1 aliphatic heterocycles. The molecule has 0 saturated heterocycles. The van der Waals surface area contributed by atoms with Gasteiger partial charge < -0.3 is 0 Å². The third-order valence-corrected chi connectivity index (χ3v) is 1.21. The zero-order chi connectivity index (χ0) is 5.40. The molecule has 0 spiro atoms. The van der Waals surface area contributed by atoms with Gasteiger partial charge in [-0.25, -0.2) is 0 Å². The molecule has 3 heteroatoms. The number of aromatic nitrogens is 3. The maximum atomic E-state index is 3.85. The molecule has 0 saturated carbocycles. The lowest BCUT2D eigenvalue weighted by Gasteiger charge is -1.83. The highest BCUT2D eigenvalue weighted by molar-refractivity contribution is 5.30. The second-order valence-corrected chi connectivity index (χ2v) is 1.74. The molecule has 3 nitrogen and oxygen atoms in total. The molecule has 0 N–H and O–H groups in total. The minimum atomic E-state index is 0.931. The van der Waals surface area contributed by atoms with Crippen LogP contribution >= 0.6 is 0 Å². The molecule has 0 unspecified atom stereocenters. The van der Waals surface area contributed by atoms with Crippen molar-refractivity contribution in [3.05, 3.63) is 18.2 Å². The molecule has 0 aromatic carbocycles. The number of fused-ring (bicyclic) bond motifs is 1. The average Bonchev–Trinajstić information content (AvgIpc) is 2.15. The van der Waals surface area contributed by atoms with Crippen molar-refractivity contribution in [1.82, 2.24) is 14.8 Å². The van der Waals surface area contributed by atoms with Gasteiger partial charge in [-0.1, -0.05) is 6.08 Å². The van der Waals surface area contributed by atoms with Crippen molar-refractivity contribution < 1.29 is 0 Å². The van der Waals surface area contributed by atoms with E-state index in [1.54, 1.807) is 6.33 Å². The lowest BCUT2D eigenvalue weighted by atomic mass is 10.4. The Labute approximate surface area is 46.7 Å². The fourth-order valence-electron chi connectivity index (χ4n) is 0.809. The van der Waals surface area contributed by atoms with E-state index in [1.807, 2.05) is 10.8 Å². The van der Waals surface area contributed by atoms with Gasteiger partial charge in [-0.3, -0.25) is 4.57 Å². The summed E-state index contributed by atoms with van der Waals surface area (Å²) in [5.41, 5.74) is 0. The van der Waals surface area contributed by atoms with Gasteiger partial charge in [-0.2, -0.15) is 0 Å². The minimum absolute atomic E-state index is 0.931. The fourth-order valence-corrected chi connectivity index (χ4v) is 0.809. The summed E-state index contributed by atoms with van der Waals surface area (Å²) in [6, 6.07) is 0. The number of allylic oxidation sites excluding steroid dienone is 1. The van der Waals surface area contributed by atoms with Gasteiger partial charge in [0.2, 0.25) is 0 Å². The van der Waals surface area contributed by atoms with Crippen molar-refractivity contribution in [3.8, 4) is 0 Å². The van der Waals surface area contributed by atoms with Crippen LogP contribution in [0.3, 0.4) is 0 Å². The lowest BCUT2D eigenvalue weighted by molar-refractivity contribution is 0.986. The normalized spacial score (nSPS) is 14.5. The van der Waals surface area contributed by atoms with Crippen molar-refractivity contribution >= 4 is 6.20 Å². The second-order valence-electron chi connectivity index (χ2n) is 1.74. The van der Waals surface area contributed by atoms with Crippen molar-refractivity contribution in [2.45, 2.75) is 6.42 Å². The van der Waals surface area contributed by atoms with Crippen LogP contribution in [0.1, 0.15) is 5.82 Å². The standard InChI is InChI=1S/C5H5N3/c1-2-5-7-6-4-8(5)3-1/h1,3-4H,2H2. The maximum absolute atomic E-state index is 3.85. The van der Waals surface area contributed by atoms with Crippen LogP contribution in [-0.2, 0) is 6.42 Å². The Morgan fingerprint density at radius 3 is 3.50 bits per heavy atom. The van der Waals surface area contributed by atoms with E-state index in [4.69, 9.17) is 0 Å². The van der Waals surface area contributed by atoms with E-state index in [9.17, 15) is 0 Å². The molecule has 1 aromatic heterocycles. The molecule has 2 heterocycles. The Morgan fingerprint density at radius 1 is 1.62 bits per heavy atom. The van der Waals surface area contributed by atoms with Crippen molar-refractivity contribution in [2.75, 3.05) is 0 Å². The van der Waals surface area contributed by atoms with Crippen LogP contribution in [0.15, 0.2) is 12.4 Å². The first-order valence-corrected chi connectivity index (χ1v) is 2.52. The van der Waals surface area contributed by atoms with E-state index in [0.29, 0.717) is 0 Å². The molecule has 40 valence electrons. The number of hydrogen-bond acceptors (Lipinski definition) is 2. The topological polar surface area (TPSA) is 30.7 Å². The summed E-state index contributed by atoms with van der Waals surface area (Å²) in [7, 11) is 0. The van der Waals surface area contributed by atoms with E-state index in [1.165, 1.54) is 0 Å². The molecule has 1 aromatic rings. The number of hydrogen-bond donors (Lipinski definition) is 0. The third kappa shape index (κ3) is 0.332. The number of rotatable bonds is 0. The average molecular weight is 107 g/mol. The van der Waals surface area contributed by atoms with Gasteiger partial charge in [0.25, 0.3) is 0 Å². The van der Waals surface area contributed by atoms with Crippen LogP contribution < -0.4 is 0 Å². The summed E-state index contributed by atoms with van der Waals surface area (Å²) in [6.45, 7) is 0. The monoisotopic (exact) mass is 107 g/mol. The van der Waals surface area contributed by atoms with Gasteiger partial charge >= 0.3 is 0 Å². The first-order chi connectivity index (χ1) is 3.97. The van der Waals surface area contributed by atoms with Crippen LogP contribution in [0, 0.1) is 0 Å². The molecular weight excluding hydrogens is 102 g/mol. The first-order valence-electron chi connectivity index (χ1n) is 2.52. The van der Waals surface area contributed by atoms with E-state index >= 15 is 0 Å². The van der Waals surface area contributed by atoms with Crippen LogP contribution in [-0.4, -0.2) is 14.8 Å². The smallest absolute Gasteiger partial charge is 0.140 e. The van der Waals surface area contributed by atoms with Crippen LogP contribution in [0.2, 0.25) is 0 Å². The molecule has 0 radical (unpaired) electrons. The Balaban J connectivity index is 2.67. The second kappa shape index (κ2) is 1.18. The molecule has 0 atom stereocenters. The molecule has 8 heavy (non-hydrogen) atoms. The molecule has 1 aliphatic rings. The molecule has 0 amide bonds. The highest BCUT2D eigenvalue weighted by atomic mass is 15.3. The first kappa shape index (κ1) is 3.83. The van der Waals surface area contributed by atoms with Crippen LogP contribution in [0.5, 0.6) is 0 Å². The summed E-state index contributed by atoms with van der Waals surface area (Å²) >= 11 is 0. The molecular formula is C5H5N3. The van der Waals surface area contributed by atoms with Gasteiger partial charge in [0, 0.05) is 12.6 Å². The van der Waals surface area contributed by atoms with Gasteiger partial charge in [0.05, 0.1) is 0 Å². The van der Waals surface area contributed by atoms with Crippen molar-refractivity contribution in [2.24, 2.45) is 0 Å². The summed E-state index contributed by atoms with van der Waals surface area (Å²) in [4.78, 5) is 0. The Bertz CT molecular complexity index is 223. The van der Waals surface area contributed by atoms with Gasteiger partial charge in [0.15, 0.2) is 0 Å². The van der Waals surface area contributed by atoms with Crippen molar-refractivity contribution in [3.63, 3.8) is 0 Å². The van der Waals surface area contributed by atoms with Gasteiger partial charge in [-0.05, 0) is 0 Å². The highest BCUT2D eigenvalue weighted by Gasteiger charge is 2.02. The molecule has 0 aliphatic carbocycles. The predicted molar refractivity (Wildman–Crippen MR) is 29.1 cm³/mol. The lowest BCUT2D eigenvalue weighted by Crippen LogP contribution is -1.84. The van der Waals surface area contributed by atoms with Crippen molar-refractivity contribution in [1.29, 1.82) is 0 Å². The van der Waals surface area contributed by atoms with E-state index < -0.39 is 0 Å². The quantitative estimate of drug-likeness (QED) is 0.477. The van der Waals surface area contributed by atoms with Crippen LogP contribution in [0.4, 0.5) is 0 Å². The summed E-state index contributed by atoms with van der Waals surface area (Å²) < 4.78 is 1.92. The zero-order valence-corrected chi connectivity index (χ0v) is 4.28. The predicted octanol–water partition coefficient (Wildman–Crippen LogP) is 0.305. The summed E-state index contributed by atoms with van der Waals surface area (Å²) in [6.07, 6.45) is 6.66. The maximum Gasteiger partial charge on any atom is 0.140 e. The molecule has 2 rings (SSSR count). The molecule has 0 fully saturated rings. The zero-order valence-electron chi connectivity index (χ0n) is 4.28. The van der Waals surface area contributed by atoms with E-state index in [2.05, 4.69) is 16.3 Å². The SMILES string of the molecule is C1=Cn2cnnc2C1. The third-order valence-electron chi connectivity index (χ3n) is 1.21. The van der Waals surface area contributed by atoms with Gasteiger partial charge in [0.1, 0.15) is 12.2 Å². The Morgan fingerprint density at radius 2 is 2.62 bits per heavy atom. The Kier molecular flexibility index (Phi) is 0.566. The fraction of sp³-hybridized carbons (Fsp3) is 0.200. The Hall–Kier alpha value is -1.12. The van der Waals surface area contributed by atoms with E-state index in [0.717, 1.165) is 12.2 Å². The summed E-state index contributed by atoms with van der Waals surface area (Å²) in [5.74, 6) is 1.03. The highest BCUT2D eigenvalue weighted by Crippen LogP contribution is 2.04. The van der Waals surface area contributed by atoms with E-state index in [-0.39, 0.29) is 0 Å². The summed E-state index contributed by atoms with van der Waals surface area (Å²) in [5, 5.41) is 7.55. The number of nitrogens with zero attached hydrogens (tertiary/aromatic N) is 3. The largest absolute Gasteiger partial charge is 0.293 e. The minimum Gasteiger partial charge on any atom is -0.293 e. The van der Waals surface area contributed by atoms with Crippen LogP contribution in [0.25, 0.3) is 6.20 Å².